The Morgan fingerprint density at radius 1 is 1.00 bits per heavy atom. The lowest BCUT2D eigenvalue weighted by Crippen LogP contribution is -2.05. The van der Waals surface area contributed by atoms with E-state index in [1.54, 1.807) is 47.4 Å². The quantitative estimate of drug-likeness (QED) is 0.620. The second-order valence-corrected chi connectivity index (χ2v) is 5.50. The molecule has 0 saturated carbocycles. The average molecular weight is 335 g/mol. The number of aliphatic hydroxyl groups excluding tert-OH is 1. The highest BCUT2D eigenvalue weighted by molar-refractivity contribution is 5.89. The zero-order chi connectivity index (χ0) is 17.2. The molecule has 0 saturated heterocycles. The van der Waals surface area contributed by atoms with Crippen LogP contribution in [0.3, 0.4) is 0 Å². The van der Waals surface area contributed by atoms with Crippen LogP contribution >= 0.6 is 0 Å². The van der Waals surface area contributed by atoms with Crippen LogP contribution in [0, 0.1) is 5.82 Å². The summed E-state index contributed by atoms with van der Waals surface area (Å²) in [4.78, 5) is 12.9. The molecule has 0 aliphatic heterocycles. The number of pyridine rings is 1. The maximum Gasteiger partial charge on any atom is 0.181 e. The topological polar surface area (TPSA) is 76.7 Å². The van der Waals surface area contributed by atoms with Gasteiger partial charge in [-0.15, -0.1) is 0 Å². The van der Waals surface area contributed by atoms with Crippen LogP contribution in [-0.2, 0) is 13.2 Å². The highest BCUT2D eigenvalue weighted by Crippen LogP contribution is 2.25. The van der Waals surface area contributed by atoms with Crippen molar-refractivity contribution in [3.8, 4) is 11.5 Å². The lowest BCUT2D eigenvalue weighted by Gasteiger charge is -2.04. The molecule has 0 radical (unpaired) electrons. The molecule has 0 aliphatic carbocycles. The van der Waals surface area contributed by atoms with Crippen molar-refractivity contribution < 1.29 is 9.50 Å². The molecule has 3 heterocycles. The molecule has 3 aromatic heterocycles. The maximum atomic E-state index is 14.0. The molecule has 25 heavy (non-hydrogen) atoms. The summed E-state index contributed by atoms with van der Waals surface area (Å²) < 4.78 is 15.6. The minimum Gasteiger partial charge on any atom is -0.390 e. The van der Waals surface area contributed by atoms with Gasteiger partial charge in [0, 0.05) is 18.0 Å². The molecule has 0 aliphatic rings. The lowest BCUT2D eigenvalue weighted by atomic mass is 10.2. The van der Waals surface area contributed by atoms with Crippen molar-refractivity contribution in [2.75, 3.05) is 0 Å². The Morgan fingerprint density at radius 3 is 2.72 bits per heavy atom. The van der Waals surface area contributed by atoms with E-state index in [-0.39, 0.29) is 19.0 Å². The summed E-state index contributed by atoms with van der Waals surface area (Å²) in [7, 11) is 0. The van der Waals surface area contributed by atoms with Gasteiger partial charge in [-0.2, -0.15) is 5.10 Å². The van der Waals surface area contributed by atoms with Gasteiger partial charge in [0.2, 0.25) is 0 Å². The molecule has 124 valence electrons. The Labute approximate surface area is 142 Å². The van der Waals surface area contributed by atoms with Crippen LogP contribution in [0.5, 0.6) is 0 Å². The van der Waals surface area contributed by atoms with Gasteiger partial charge in [-0.1, -0.05) is 18.2 Å². The number of hydrogen-bond acceptors (Lipinski definition) is 5. The number of aliphatic hydroxyl groups is 1. The van der Waals surface area contributed by atoms with Crippen LogP contribution < -0.4 is 0 Å². The van der Waals surface area contributed by atoms with E-state index >= 15 is 0 Å². The van der Waals surface area contributed by atoms with Crippen LogP contribution in [0.2, 0.25) is 0 Å². The van der Waals surface area contributed by atoms with E-state index in [0.717, 1.165) is 5.39 Å². The van der Waals surface area contributed by atoms with Gasteiger partial charge < -0.3 is 5.11 Å². The third-order valence-electron chi connectivity index (χ3n) is 3.87. The van der Waals surface area contributed by atoms with Crippen molar-refractivity contribution in [1.82, 2.24) is 24.7 Å². The van der Waals surface area contributed by atoms with Gasteiger partial charge in [0.15, 0.2) is 11.5 Å². The van der Waals surface area contributed by atoms with Crippen molar-refractivity contribution in [3.05, 3.63) is 71.9 Å². The van der Waals surface area contributed by atoms with Crippen LogP contribution in [-0.4, -0.2) is 29.8 Å². The molecule has 4 aromatic rings. The van der Waals surface area contributed by atoms with E-state index in [4.69, 9.17) is 0 Å². The van der Waals surface area contributed by atoms with Crippen LogP contribution in [0.25, 0.3) is 22.6 Å². The van der Waals surface area contributed by atoms with Gasteiger partial charge in [0.25, 0.3) is 0 Å². The molecule has 0 fully saturated rings. The minimum absolute atomic E-state index is 0.179. The van der Waals surface area contributed by atoms with Crippen molar-refractivity contribution in [1.29, 1.82) is 0 Å². The molecule has 1 aromatic carbocycles. The smallest absolute Gasteiger partial charge is 0.181 e. The number of rotatable bonds is 4. The first kappa shape index (κ1) is 15.3. The third kappa shape index (κ3) is 2.85. The van der Waals surface area contributed by atoms with Gasteiger partial charge in [0.05, 0.1) is 24.2 Å². The average Bonchev–Trinajstić information content (AvgIpc) is 3.02. The maximum absolute atomic E-state index is 14.0. The Balaban J connectivity index is 1.85. The number of halogens is 1. The van der Waals surface area contributed by atoms with E-state index < -0.39 is 0 Å². The number of hydrogen-bond donors (Lipinski definition) is 1. The summed E-state index contributed by atoms with van der Waals surface area (Å²) in [5.41, 5.74) is 2.20. The largest absolute Gasteiger partial charge is 0.390 e. The zero-order valence-electron chi connectivity index (χ0n) is 13.2. The molecule has 6 nitrogen and oxygen atoms in total. The van der Waals surface area contributed by atoms with Crippen molar-refractivity contribution in [2.24, 2.45) is 0 Å². The Hall–Kier alpha value is -3.19. The molecule has 1 N–H and O–H groups in total. The molecule has 0 spiro atoms. The summed E-state index contributed by atoms with van der Waals surface area (Å²) >= 11 is 0. The lowest BCUT2D eigenvalue weighted by molar-refractivity contribution is 0.277. The molecule has 0 bridgehead atoms. The fraction of sp³-hybridized carbons (Fsp3) is 0.111. The predicted molar refractivity (Wildman–Crippen MR) is 90.0 cm³/mol. The summed E-state index contributed by atoms with van der Waals surface area (Å²) in [5, 5.41) is 14.6. The number of aromatic nitrogens is 5. The van der Waals surface area contributed by atoms with E-state index in [0.29, 0.717) is 28.4 Å². The van der Waals surface area contributed by atoms with Crippen LogP contribution in [0.4, 0.5) is 4.39 Å². The second kappa shape index (κ2) is 6.37. The number of nitrogens with zero attached hydrogens (tertiary/aromatic N) is 5. The molecule has 0 unspecified atom stereocenters. The molecular formula is C18H14FN5O. The van der Waals surface area contributed by atoms with Gasteiger partial charge in [-0.05, 0) is 24.3 Å². The van der Waals surface area contributed by atoms with E-state index in [1.807, 2.05) is 6.07 Å². The van der Waals surface area contributed by atoms with Gasteiger partial charge in [-0.25, -0.2) is 24.0 Å². The van der Waals surface area contributed by atoms with E-state index in [9.17, 15) is 9.50 Å². The number of fused-ring (bicyclic) bond motifs is 1. The monoisotopic (exact) mass is 335 g/mol. The van der Waals surface area contributed by atoms with Gasteiger partial charge in [-0.3, -0.25) is 0 Å². The summed E-state index contributed by atoms with van der Waals surface area (Å²) in [6, 6.07) is 11.9. The summed E-state index contributed by atoms with van der Waals surface area (Å²) in [6.07, 6.45) is 3.24. The molecule has 0 atom stereocenters. The van der Waals surface area contributed by atoms with Gasteiger partial charge in [0.1, 0.15) is 11.5 Å². The van der Waals surface area contributed by atoms with Crippen molar-refractivity contribution in [2.45, 2.75) is 13.2 Å². The molecule has 0 amide bonds. The fourth-order valence-corrected chi connectivity index (χ4v) is 2.67. The van der Waals surface area contributed by atoms with Gasteiger partial charge >= 0.3 is 0 Å². The minimum atomic E-state index is -0.290. The third-order valence-corrected chi connectivity index (χ3v) is 3.87. The SMILES string of the molecule is OCc1ccnc(-c2nn(Cc3ccccc3F)c3ncccc23)n1. The van der Waals surface area contributed by atoms with Crippen molar-refractivity contribution in [3.63, 3.8) is 0 Å². The standard InChI is InChI=1S/C18H14FN5O/c19-15-6-2-1-4-12(15)10-24-18-14(5-3-8-21-18)16(23-24)17-20-9-7-13(11-25)22-17/h1-9,25H,10-11H2. The highest BCUT2D eigenvalue weighted by Gasteiger charge is 2.16. The Morgan fingerprint density at radius 2 is 1.88 bits per heavy atom. The van der Waals surface area contributed by atoms with Crippen LogP contribution in [0.15, 0.2) is 54.9 Å². The summed E-state index contributed by atoms with van der Waals surface area (Å²) in [5.74, 6) is 0.110. The first-order valence-electron chi connectivity index (χ1n) is 7.74. The van der Waals surface area contributed by atoms with E-state index in [2.05, 4.69) is 20.1 Å². The van der Waals surface area contributed by atoms with Crippen LogP contribution in [0.1, 0.15) is 11.3 Å². The summed E-state index contributed by atoms with van der Waals surface area (Å²) in [6.45, 7) is 0.0709. The number of benzene rings is 1. The zero-order valence-corrected chi connectivity index (χ0v) is 13.2. The second-order valence-electron chi connectivity index (χ2n) is 5.50. The Kier molecular flexibility index (Phi) is 3.91. The van der Waals surface area contributed by atoms with E-state index in [1.165, 1.54) is 6.07 Å². The highest BCUT2D eigenvalue weighted by atomic mass is 19.1. The normalized spacial score (nSPS) is 11.1. The first-order valence-corrected chi connectivity index (χ1v) is 7.74. The Bertz CT molecular complexity index is 1050. The molecule has 4 rings (SSSR count). The predicted octanol–water partition coefficient (Wildman–Crippen LogP) is 2.57. The molecular weight excluding hydrogens is 321 g/mol. The fourth-order valence-electron chi connectivity index (χ4n) is 2.67. The molecule has 7 heteroatoms. The van der Waals surface area contributed by atoms with Crippen molar-refractivity contribution >= 4 is 11.0 Å². The first-order chi connectivity index (χ1) is 12.3.